The Hall–Kier alpha value is -1.52. The fraction of sp³-hybridized carbons (Fsp3) is 0.636. The molecule has 0 radical (unpaired) electrons. The maximum absolute atomic E-state index is 12.3. The molecule has 2 rings (SSSR count). The molecule has 1 amide bonds. The van der Waals surface area contributed by atoms with E-state index in [-0.39, 0.29) is 5.91 Å². The van der Waals surface area contributed by atoms with Gasteiger partial charge in [-0.05, 0) is 26.7 Å². The van der Waals surface area contributed by atoms with Crippen molar-refractivity contribution in [2.75, 3.05) is 12.3 Å². The number of aryl methyl sites for hydroxylation is 1. The molecule has 0 saturated carbocycles. The van der Waals surface area contributed by atoms with Crippen molar-refractivity contribution in [3.05, 3.63) is 11.9 Å². The predicted octanol–water partition coefficient (Wildman–Crippen LogP) is 1.11. The lowest BCUT2D eigenvalue weighted by molar-refractivity contribution is 0.0736. The van der Waals surface area contributed by atoms with E-state index in [2.05, 4.69) is 12.0 Å². The predicted molar refractivity (Wildman–Crippen MR) is 62.0 cm³/mol. The summed E-state index contributed by atoms with van der Waals surface area (Å²) in [4.78, 5) is 14.2. The van der Waals surface area contributed by atoms with E-state index in [1.165, 1.54) is 0 Å². The highest BCUT2D eigenvalue weighted by Crippen LogP contribution is 2.22. The summed E-state index contributed by atoms with van der Waals surface area (Å²) in [6.07, 6.45) is 3.70. The Morgan fingerprint density at radius 1 is 1.69 bits per heavy atom. The molecule has 0 bridgehead atoms. The molecule has 1 unspecified atom stereocenters. The number of carbonyl (C=O) groups excluding carboxylic acids is 1. The highest BCUT2D eigenvalue weighted by Gasteiger charge is 2.29. The normalized spacial score (nSPS) is 20.4. The smallest absolute Gasteiger partial charge is 0.274 e. The van der Waals surface area contributed by atoms with Crippen molar-refractivity contribution >= 4 is 11.6 Å². The summed E-state index contributed by atoms with van der Waals surface area (Å²) in [7, 11) is 0. The van der Waals surface area contributed by atoms with Crippen LogP contribution in [0, 0.1) is 0 Å². The summed E-state index contributed by atoms with van der Waals surface area (Å²) in [6.45, 7) is 5.53. The molecule has 1 aromatic rings. The molecule has 88 valence electrons. The van der Waals surface area contributed by atoms with Gasteiger partial charge in [0.25, 0.3) is 5.91 Å². The monoisotopic (exact) mass is 222 g/mol. The first-order valence-corrected chi connectivity index (χ1v) is 5.77. The van der Waals surface area contributed by atoms with Crippen molar-refractivity contribution in [3.63, 3.8) is 0 Å². The largest absolute Gasteiger partial charge is 0.396 e. The van der Waals surface area contributed by atoms with Crippen molar-refractivity contribution in [1.82, 2.24) is 14.7 Å². The van der Waals surface area contributed by atoms with Gasteiger partial charge in [-0.25, -0.2) is 0 Å². The number of amides is 1. The van der Waals surface area contributed by atoms with E-state index in [0.29, 0.717) is 24.0 Å². The molecular weight excluding hydrogens is 204 g/mol. The summed E-state index contributed by atoms with van der Waals surface area (Å²) in [5, 5.41) is 4.10. The molecule has 2 heterocycles. The Kier molecular flexibility index (Phi) is 2.85. The fourth-order valence-corrected chi connectivity index (χ4v) is 2.24. The Morgan fingerprint density at radius 2 is 2.44 bits per heavy atom. The van der Waals surface area contributed by atoms with E-state index in [1.54, 1.807) is 10.9 Å². The second kappa shape index (κ2) is 4.15. The number of carbonyl (C=O) groups is 1. The number of nitrogens with zero attached hydrogens (tertiary/aromatic N) is 3. The Balaban J connectivity index is 2.29. The van der Waals surface area contributed by atoms with E-state index in [1.807, 2.05) is 11.8 Å². The first kappa shape index (κ1) is 11.0. The lowest BCUT2D eigenvalue weighted by Gasteiger charge is -2.21. The van der Waals surface area contributed by atoms with Gasteiger partial charge in [-0.1, -0.05) is 0 Å². The summed E-state index contributed by atoms with van der Waals surface area (Å²) < 4.78 is 1.67. The van der Waals surface area contributed by atoms with Crippen molar-refractivity contribution in [2.45, 2.75) is 39.3 Å². The molecule has 0 aromatic carbocycles. The molecule has 1 aliphatic rings. The molecule has 0 aliphatic carbocycles. The van der Waals surface area contributed by atoms with Crippen LogP contribution < -0.4 is 5.73 Å². The molecule has 1 aliphatic heterocycles. The topological polar surface area (TPSA) is 64.2 Å². The van der Waals surface area contributed by atoms with Gasteiger partial charge in [-0.3, -0.25) is 9.48 Å². The molecule has 0 spiro atoms. The zero-order valence-electron chi connectivity index (χ0n) is 9.81. The van der Waals surface area contributed by atoms with Crippen LogP contribution in [-0.2, 0) is 6.54 Å². The number of anilines is 1. The SMILES string of the molecule is CCn1ncc(N)c1C(=O)N1CCCC1C. The molecule has 1 atom stereocenters. The molecule has 2 N–H and O–H groups in total. The van der Waals surface area contributed by atoms with Crippen molar-refractivity contribution in [2.24, 2.45) is 0 Å². The average molecular weight is 222 g/mol. The van der Waals surface area contributed by atoms with Crippen LogP contribution in [0.3, 0.4) is 0 Å². The van der Waals surface area contributed by atoms with E-state index < -0.39 is 0 Å². The van der Waals surface area contributed by atoms with Crippen molar-refractivity contribution in [3.8, 4) is 0 Å². The van der Waals surface area contributed by atoms with Crippen LogP contribution in [0.5, 0.6) is 0 Å². The minimum atomic E-state index is 0.0156. The molecule has 5 heteroatoms. The van der Waals surface area contributed by atoms with E-state index in [4.69, 9.17) is 5.73 Å². The van der Waals surface area contributed by atoms with Crippen LogP contribution in [0.4, 0.5) is 5.69 Å². The maximum Gasteiger partial charge on any atom is 0.274 e. The molecule has 5 nitrogen and oxygen atoms in total. The Labute approximate surface area is 95.2 Å². The van der Waals surface area contributed by atoms with E-state index in [9.17, 15) is 4.79 Å². The van der Waals surface area contributed by atoms with Crippen LogP contribution >= 0.6 is 0 Å². The summed E-state index contributed by atoms with van der Waals surface area (Å²) in [5.74, 6) is 0.0156. The van der Waals surface area contributed by atoms with Gasteiger partial charge < -0.3 is 10.6 Å². The summed E-state index contributed by atoms with van der Waals surface area (Å²) >= 11 is 0. The molecule has 1 saturated heterocycles. The number of nitrogens with two attached hydrogens (primary N) is 1. The molecule has 1 fully saturated rings. The first-order valence-electron chi connectivity index (χ1n) is 5.77. The van der Waals surface area contributed by atoms with Gasteiger partial charge in [-0.2, -0.15) is 5.10 Å². The molecule has 1 aromatic heterocycles. The van der Waals surface area contributed by atoms with Crippen molar-refractivity contribution in [1.29, 1.82) is 0 Å². The highest BCUT2D eigenvalue weighted by atomic mass is 16.2. The van der Waals surface area contributed by atoms with Gasteiger partial charge in [0.15, 0.2) is 0 Å². The number of likely N-dealkylation sites (tertiary alicyclic amines) is 1. The lowest BCUT2D eigenvalue weighted by Crippen LogP contribution is -2.35. The molecular formula is C11H18N4O. The quantitative estimate of drug-likeness (QED) is 0.815. The maximum atomic E-state index is 12.3. The van der Waals surface area contributed by atoms with Crippen LogP contribution in [0.1, 0.15) is 37.2 Å². The second-order valence-corrected chi connectivity index (χ2v) is 4.25. The van der Waals surface area contributed by atoms with E-state index in [0.717, 1.165) is 19.4 Å². The number of aromatic nitrogens is 2. The van der Waals surface area contributed by atoms with Crippen LogP contribution in [0.15, 0.2) is 6.20 Å². The number of rotatable bonds is 2. The van der Waals surface area contributed by atoms with Crippen molar-refractivity contribution < 1.29 is 4.79 Å². The van der Waals surface area contributed by atoms with Gasteiger partial charge in [0.05, 0.1) is 11.9 Å². The summed E-state index contributed by atoms with van der Waals surface area (Å²) in [5.41, 5.74) is 6.82. The third-order valence-corrected chi connectivity index (χ3v) is 3.18. The minimum Gasteiger partial charge on any atom is -0.396 e. The van der Waals surface area contributed by atoms with Crippen LogP contribution in [0.2, 0.25) is 0 Å². The standard InChI is InChI=1S/C11H18N4O/c1-3-15-10(9(12)7-13-15)11(16)14-6-4-5-8(14)2/h7-8H,3-6,12H2,1-2H3. The fourth-order valence-electron chi connectivity index (χ4n) is 2.24. The van der Waals surface area contributed by atoms with Gasteiger partial charge in [0, 0.05) is 19.1 Å². The number of nitrogen functional groups attached to an aromatic ring is 1. The number of hydrogen-bond donors (Lipinski definition) is 1. The minimum absolute atomic E-state index is 0.0156. The number of hydrogen-bond acceptors (Lipinski definition) is 3. The van der Waals surface area contributed by atoms with Crippen LogP contribution in [-0.4, -0.2) is 33.2 Å². The van der Waals surface area contributed by atoms with Gasteiger partial charge in [-0.15, -0.1) is 0 Å². The zero-order valence-corrected chi connectivity index (χ0v) is 9.81. The van der Waals surface area contributed by atoms with Gasteiger partial charge >= 0.3 is 0 Å². The Morgan fingerprint density at radius 3 is 3.00 bits per heavy atom. The van der Waals surface area contributed by atoms with Crippen LogP contribution in [0.25, 0.3) is 0 Å². The lowest BCUT2D eigenvalue weighted by atomic mass is 10.2. The summed E-state index contributed by atoms with van der Waals surface area (Å²) in [6, 6.07) is 0.312. The first-order chi connectivity index (χ1) is 7.65. The third-order valence-electron chi connectivity index (χ3n) is 3.18. The zero-order chi connectivity index (χ0) is 11.7. The second-order valence-electron chi connectivity index (χ2n) is 4.25. The van der Waals surface area contributed by atoms with E-state index >= 15 is 0 Å². The Bertz CT molecular complexity index is 399. The van der Waals surface area contributed by atoms with Gasteiger partial charge in [0.2, 0.25) is 0 Å². The highest BCUT2D eigenvalue weighted by molar-refractivity contribution is 5.97. The third kappa shape index (κ3) is 1.66. The molecule has 16 heavy (non-hydrogen) atoms. The van der Waals surface area contributed by atoms with Gasteiger partial charge in [0.1, 0.15) is 5.69 Å². The average Bonchev–Trinajstić information content (AvgIpc) is 2.83.